The predicted octanol–water partition coefficient (Wildman–Crippen LogP) is 3.90. The molecular weight excluding hydrogens is 342 g/mol. The Morgan fingerprint density at radius 1 is 1.40 bits per heavy atom. The van der Waals surface area contributed by atoms with Gasteiger partial charge in [-0.05, 0) is 49.4 Å². The van der Waals surface area contributed by atoms with Crippen molar-refractivity contribution in [1.82, 2.24) is 4.98 Å². The SMILES string of the molecule is O=C(c1ccsc1)c1ncc(Br)cc1Br. The van der Waals surface area contributed by atoms with Gasteiger partial charge in [-0.2, -0.15) is 11.3 Å². The Morgan fingerprint density at radius 2 is 2.20 bits per heavy atom. The minimum Gasteiger partial charge on any atom is -0.287 e. The van der Waals surface area contributed by atoms with Crippen molar-refractivity contribution in [3.63, 3.8) is 0 Å². The van der Waals surface area contributed by atoms with Crippen molar-refractivity contribution in [2.24, 2.45) is 0 Å². The van der Waals surface area contributed by atoms with Gasteiger partial charge >= 0.3 is 0 Å². The Kier molecular flexibility index (Phi) is 3.33. The molecule has 0 N–H and O–H groups in total. The Bertz CT molecular complexity index is 496. The zero-order valence-corrected chi connectivity index (χ0v) is 11.4. The van der Waals surface area contributed by atoms with E-state index in [-0.39, 0.29) is 5.78 Å². The van der Waals surface area contributed by atoms with Crippen molar-refractivity contribution in [3.8, 4) is 0 Å². The maximum absolute atomic E-state index is 11.9. The van der Waals surface area contributed by atoms with Crippen molar-refractivity contribution in [2.75, 3.05) is 0 Å². The highest BCUT2D eigenvalue weighted by Gasteiger charge is 2.14. The molecule has 0 saturated heterocycles. The lowest BCUT2D eigenvalue weighted by Crippen LogP contribution is -2.03. The van der Waals surface area contributed by atoms with Crippen LogP contribution in [-0.2, 0) is 0 Å². The number of hydrogen-bond donors (Lipinski definition) is 0. The molecule has 0 bridgehead atoms. The van der Waals surface area contributed by atoms with E-state index >= 15 is 0 Å². The van der Waals surface area contributed by atoms with Crippen LogP contribution < -0.4 is 0 Å². The van der Waals surface area contributed by atoms with E-state index in [1.54, 1.807) is 12.3 Å². The highest BCUT2D eigenvalue weighted by molar-refractivity contribution is 9.11. The van der Waals surface area contributed by atoms with Gasteiger partial charge in [0.2, 0.25) is 5.78 Å². The molecule has 0 spiro atoms. The normalized spacial score (nSPS) is 10.3. The maximum atomic E-state index is 11.9. The van der Waals surface area contributed by atoms with Crippen LogP contribution in [0.2, 0.25) is 0 Å². The first-order chi connectivity index (χ1) is 7.18. The van der Waals surface area contributed by atoms with E-state index in [4.69, 9.17) is 0 Å². The van der Waals surface area contributed by atoms with Crippen molar-refractivity contribution < 1.29 is 4.79 Å². The third kappa shape index (κ3) is 2.35. The summed E-state index contributed by atoms with van der Waals surface area (Å²) in [4.78, 5) is 16.0. The average Bonchev–Trinajstić information content (AvgIpc) is 2.69. The summed E-state index contributed by atoms with van der Waals surface area (Å²) in [6.07, 6.45) is 1.62. The van der Waals surface area contributed by atoms with Crippen LogP contribution in [0.25, 0.3) is 0 Å². The summed E-state index contributed by atoms with van der Waals surface area (Å²) in [5.74, 6) is -0.0596. The first-order valence-electron chi connectivity index (χ1n) is 4.06. The highest BCUT2D eigenvalue weighted by atomic mass is 79.9. The summed E-state index contributed by atoms with van der Waals surface area (Å²) >= 11 is 8.11. The fourth-order valence-electron chi connectivity index (χ4n) is 1.11. The van der Waals surface area contributed by atoms with Gasteiger partial charge in [0, 0.05) is 26.1 Å². The molecule has 5 heteroatoms. The highest BCUT2D eigenvalue weighted by Crippen LogP contribution is 2.22. The molecule has 0 saturated carbocycles. The second-order valence-corrected chi connectivity index (χ2v) is 5.38. The van der Waals surface area contributed by atoms with Crippen molar-refractivity contribution in [1.29, 1.82) is 0 Å². The van der Waals surface area contributed by atoms with E-state index in [0.29, 0.717) is 15.7 Å². The maximum Gasteiger partial charge on any atom is 0.213 e. The van der Waals surface area contributed by atoms with Gasteiger partial charge in [-0.25, -0.2) is 0 Å². The Morgan fingerprint density at radius 3 is 2.80 bits per heavy atom. The van der Waals surface area contributed by atoms with Gasteiger partial charge in [-0.1, -0.05) is 0 Å². The van der Waals surface area contributed by atoms with Crippen LogP contribution in [0.15, 0.2) is 38.0 Å². The van der Waals surface area contributed by atoms with E-state index in [9.17, 15) is 4.79 Å². The average molecular weight is 347 g/mol. The van der Waals surface area contributed by atoms with Gasteiger partial charge in [0.15, 0.2) is 0 Å². The van der Waals surface area contributed by atoms with Crippen LogP contribution in [0.5, 0.6) is 0 Å². The zero-order valence-electron chi connectivity index (χ0n) is 7.41. The van der Waals surface area contributed by atoms with Crippen LogP contribution in [0.4, 0.5) is 0 Å². The number of hydrogen-bond acceptors (Lipinski definition) is 3. The largest absolute Gasteiger partial charge is 0.287 e. The first kappa shape index (κ1) is 11.0. The van der Waals surface area contributed by atoms with Gasteiger partial charge in [0.1, 0.15) is 5.69 Å². The number of thiophene rings is 1. The molecule has 0 aromatic carbocycles. The summed E-state index contributed by atoms with van der Waals surface area (Å²) in [7, 11) is 0. The minimum absolute atomic E-state index is 0.0596. The first-order valence-corrected chi connectivity index (χ1v) is 6.59. The third-order valence-electron chi connectivity index (χ3n) is 1.81. The minimum atomic E-state index is -0.0596. The van der Waals surface area contributed by atoms with E-state index < -0.39 is 0 Å². The van der Waals surface area contributed by atoms with Crippen LogP contribution in [0, 0.1) is 0 Å². The predicted molar refractivity (Wildman–Crippen MR) is 67.4 cm³/mol. The monoisotopic (exact) mass is 345 g/mol. The summed E-state index contributed by atoms with van der Waals surface area (Å²) < 4.78 is 1.55. The van der Waals surface area contributed by atoms with Crippen LogP contribution in [-0.4, -0.2) is 10.8 Å². The van der Waals surface area contributed by atoms with Crippen LogP contribution in [0.1, 0.15) is 16.1 Å². The summed E-state index contributed by atoms with van der Waals surface area (Å²) in [5.41, 5.74) is 1.12. The number of aromatic nitrogens is 1. The molecule has 0 aliphatic rings. The smallest absolute Gasteiger partial charge is 0.213 e. The molecular formula is C10H5Br2NOS. The number of rotatable bonds is 2. The van der Waals surface area contributed by atoms with E-state index in [1.165, 1.54) is 11.3 Å². The number of carbonyl (C=O) groups excluding carboxylic acids is 1. The van der Waals surface area contributed by atoms with Gasteiger partial charge < -0.3 is 0 Å². The number of pyridine rings is 1. The molecule has 0 fully saturated rings. The lowest BCUT2D eigenvalue weighted by atomic mass is 10.1. The zero-order chi connectivity index (χ0) is 10.8. The van der Waals surface area contributed by atoms with Gasteiger partial charge in [0.25, 0.3) is 0 Å². The molecule has 0 atom stereocenters. The van der Waals surface area contributed by atoms with Crippen LogP contribution >= 0.6 is 43.2 Å². The molecule has 0 amide bonds. The molecule has 0 unspecified atom stereocenters. The summed E-state index contributed by atoms with van der Waals surface area (Å²) in [5, 5.41) is 3.69. The number of nitrogens with zero attached hydrogens (tertiary/aromatic N) is 1. The van der Waals surface area contributed by atoms with Crippen LogP contribution in [0.3, 0.4) is 0 Å². The van der Waals surface area contributed by atoms with E-state index in [2.05, 4.69) is 36.8 Å². The van der Waals surface area contributed by atoms with Gasteiger partial charge in [-0.3, -0.25) is 9.78 Å². The fourth-order valence-corrected chi connectivity index (χ4v) is 2.92. The molecule has 2 rings (SSSR count). The molecule has 2 heterocycles. The van der Waals surface area contributed by atoms with Gasteiger partial charge in [0.05, 0.1) is 0 Å². The summed E-state index contributed by atoms with van der Waals surface area (Å²) in [6, 6.07) is 3.61. The lowest BCUT2D eigenvalue weighted by molar-refractivity contribution is 0.103. The second kappa shape index (κ2) is 4.55. The molecule has 0 aliphatic carbocycles. The quantitative estimate of drug-likeness (QED) is 0.772. The van der Waals surface area contributed by atoms with Gasteiger partial charge in [-0.15, -0.1) is 0 Å². The molecule has 76 valence electrons. The number of ketones is 1. The fraction of sp³-hybridized carbons (Fsp3) is 0. The van der Waals surface area contributed by atoms with Crippen molar-refractivity contribution >= 4 is 49.0 Å². The lowest BCUT2D eigenvalue weighted by Gasteiger charge is -2.01. The van der Waals surface area contributed by atoms with Crippen molar-refractivity contribution in [2.45, 2.75) is 0 Å². The number of carbonyl (C=O) groups is 1. The molecule has 2 aromatic rings. The molecule has 0 aliphatic heterocycles. The molecule has 15 heavy (non-hydrogen) atoms. The van der Waals surface area contributed by atoms with E-state index in [0.717, 1.165) is 4.47 Å². The number of halogens is 2. The van der Waals surface area contributed by atoms with E-state index in [1.807, 2.05) is 16.8 Å². The Hall–Kier alpha value is -0.520. The second-order valence-electron chi connectivity index (χ2n) is 2.83. The topological polar surface area (TPSA) is 30.0 Å². The molecule has 2 aromatic heterocycles. The Labute approximate surface area is 108 Å². The Balaban J connectivity index is 2.42. The van der Waals surface area contributed by atoms with Crippen molar-refractivity contribution in [3.05, 3.63) is 49.3 Å². The third-order valence-corrected chi connectivity index (χ3v) is 3.53. The molecule has 2 nitrogen and oxygen atoms in total. The molecule has 0 radical (unpaired) electrons. The summed E-state index contributed by atoms with van der Waals surface area (Å²) in [6.45, 7) is 0. The standard InChI is InChI=1S/C10H5Br2NOS/c11-7-3-8(12)9(13-4-7)10(14)6-1-2-15-5-6/h1-5H.